The summed E-state index contributed by atoms with van der Waals surface area (Å²) in [4.78, 5) is 27.7. The molecule has 17 heavy (non-hydrogen) atoms. The summed E-state index contributed by atoms with van der Waals surface area (Å²) in [6.07, 6.45) is 4.96. The standard InChI is InChI=1S/C12H18N2O3/c1-13-11(16)14(7-9-8-17-9)10(15)12(13)5-3-2-4-6-12/h9H,2-8H2,1H3. The molecule has 1 atom stereocenters. The molecule has 0 N–H and O–H groups in total. The molecule has 1 unspecified atom stereocenters. The lowest BCUT2D eigenvalue weighted by molar-refractivity contribution is -0.134. The van der Waals surface area contributed by atoms with E-state index in [2.05, 4.69) is 0 Å². The van der Waals surface area contributed by atoms with Crippen molar-refractivity contribution in [1.82, 2.24) is 9.80 Å². The summed E-state index contributed by atoms with van der Waals surface area (Å²) in [5.74, 6) is 0.000185. The van der Waals surface area contributed by atoms with Crippen LogP contribution in [0.25, 0.3) is 0 Å². The van der Waals surface area contributed by atoms with Gasteiger partial charge in [-0.2, -0.15) is 0 Å². The minimum absolute atomic E-state index is 0.000185. The summed E-state index contributed by atoms with van der Waals surface area (Å²) in [6.45, 7) is 1.11. The zero-order chi connectivity index (χ0) is 12.0. The van der Waals surface area contributed by atoms with Crippen molar-refractivity contribution in [1.29, 1.82) is 0 Å². The maximum absolute atomic E-state index is 12.5. The fourth-order valence-electron chi connectivity index (χ4n) is 3.07. The third kappa shape index (κ3) is 1.56. The van der Waals surface area contributed by atoms with Crippen LogP contribution >= 0.6 is 0 Å². The molecule has 0 radical (unpaired) electrons. The van der Waals surface area contributed by atoms with Crippen molar-refractivity contribution < 1.29 is 14.3 Å². The number of carbonyl (C=O) groups is 2. The molecule has 1 saturated carbocycles. The van der Waals surface area contributed by atoms with E-state index in [0.29, 0.717) is 13.2 Å². The molecule has 0 bridgehead atoms. The monoisotopic (exact) mass is 238 g/mol. The Bertz CT molecular complexity index is 359. The van der Waals surface area contributed by atoms with Crippen molar-refractivity contribution in [2.45, 2.75) is 43.7 Å². The van der Waals surface area contributed by atoms with Gasteiger partial charge in [0.05, 0.1) is 19.3 Å². The van der Waals surface area contributed by atoms with Gasteiger partial charge in [-0.3, -0.25) is 9.69 Å². The van der Waals surface area contributed by atoms with Crippen LogP contribution in [-0.2, 0) is 9.53 Å². The van der Waals surface area contributed by atoms with E-state index in [9.17, 15) is 9.59 Å². The summed E-state index contributed by atoms with van der Waals surface area (Å²) in [6, 6.07) is -0.146. The van der Waals surface area contributed by atoms with Crippen LogP contribution in [0.5, 0.6) is 0 Å². The van der Waals surface area contributed by atoms with Crippen molar-refractivity contribution in [3.63, 3.8) is 0 Å². The lowest BCUT2D eigenvalue weighted by atomic mass is 9.81. The number of hydrogen-bond donors (Lipinski definition) is 0. The first-order valence-electron chi connectivity index (χ1n) is 6.36. The first-order valence-corrected chi connectivity index (χ1v) is 6.36. The van der Waals surface area contributed by atoms with Gasteiger partial charge in [0.15, 0.2) is 0 Å². The topological polar surface area (TPSA) is 53.2 Å². The number of imide groups is 1. The second-order valence-electron chi connectivity index (χ2n) is 5.30. The number of epoxide rings is 1. The van der Waals surface area contributed by atoms with Gasteiger partial charge in [-0.1, -0.05) is 19.3 Å². The van der Waals surface area contributed by atoms with Crippen LogP contribution < -0.4 is 0 Å². The highest BCUT2D eigenvalue weighted by Crippen LogP contribution is 2.39. The maximum Gasteiger partial charge on any atom is 0.327 e. The van der Waals surface area contributed by atoms with Crippen LogP contribution in [0.15, 0.2) is 0 Å². The van der Waals surface area contributed by atoms with Gasteiger partial charge < -0.3 is 9.64 Å². The van der Waals surface area contributed by atoms with Gasteiger partial charge in [-0.05, 0) is 12.8 Å². The number of ether oxygens (including phenoxy) is 1. The van der Waals surface area contributed by atoms with Crippen molar-refractivity contribution in [3.05, 3.63) is 0 Å². The van der Waals surface area contributed by atoms with Crippen LogP contribution in [0.4, 0.5) is 4.79 Å². The van der Waals surface area contributed by atoms with Crippen molar-refractivity contribution in [3.8, 4) is 0 Å². The first kappa shape index (κ1) is 11.0. The van der Waals surface area contributed by atoms with Crippen molar-refractivity contribution in [2.75, 3.05) is 20.2 Å². The van der Waals surface area contributed by atoms with Gasteiger partial charge in [0.2, 0.25) is 0 Å². The van der Waals surface area contributed by atoms with E-state index < -0.39 is 5.54 Å². The van der Waals surface area contributed by atoms with Crippen LogP contribution in [0.1, 0.15) is 32.1 Å². The highest BCUT2D eigenvalue weighted by molar-refractivity contribution is 6.07. The van der Waals surface area contributed by atoms with Crippen LogP contribution in [0, 0.1) is 0 Å². The van der Waals surface area contributed by atoms with E-state index in [0.717, 1.165) is 25.7 Å². The quantitative estimate of drug-likeness (QED) is 0.532. The Hall–Kier alpha value is -1.10. The van der Waals surface area contributed by atoms with Gasteiger partial charge in [-0.15, -0.1) is 0 Å². The second kappa shape index (κ2) is 3.70. The van der Waals surface area contributed by atoms with Crippen molar-refractivity contribution in [2.24, 2.45) is 0 Å². The van der Waals surface area contributed by atoms with Crippen LogP contribution in [0.3, 0.4) is 0 Å². The Morgan fingerprint density at radius 2 is 1.94 bits per heavy atom. The predicted molar refractivity (Wildman–Crippen MR) is 60.4 cm³/mol. The fraction of sp³-hybridized carbons (Fsp3) is 0.833. The van der Waals surface area contributed by atoms with Gasteiger partial charge in [-0.25, -0.2) is 4.79 Å². The highest BCUT2D eigenvalue weighted by atomic mass is 16.6. The minimum atomic E-state index is -0.537. The Kier molecular flexibility index (Phi) is 2.40. The maximum atomic E-state index is 12.5. The van der Waals surface area contributed by atoms with E-state index in [-0.39, 0.29) is 18.0 Å². The number of amides is 3. The summed E-state index contributed by atoms with van der Waals surface area (Å²) < 4.78 is 5.11. The summed E-state index contributed by atoms with van der Waals surface area (Å²) >= 11 is 0. The molecule has 0 aromatic heterocycles. The van der Waals surface area contributed by atoms with Gasteiger partial charge >= 0.3 is 6.03 Å². The van der Waals surface area contributed by atoms with E-state index in [1.807, 2.05) is 0 Å². The number of urea groups is 1. The third-order valence-electron chi connectivity index (χ3n) is 4.27. The van der Waals surface area contributed by atoms with Gasteiger partial charge in [0.1, 0.15) is 5.54 Å². The molecule has 94 valence electrons. The van der Waals surface area contributed by atoms with E-state index in [4.69, 9.17) is 4.74 Å². The molecule has 3 amide bonds. The van der Waals surface area contributed by atoms with Gasteiger partial charge in [0.25, 0.3) is 5.91 Å². The number of likely N-dealkylation sites (N-methyl/N-ethyl adjacent to an activating group) is 1. The van der Waals surface area contributed by atoms with E-state index in [1.54, 1.807) is 11.9 Å². The smallest absolute Gasteiger partial charge is 0.327 e. The Balaban J connectivity index is 1.84. The number of hydrogen-bond acceptors (Lipinski definition) is 3. The molecule has 2 saturated heterocycles. The van der Waals surface area contributed by atoms with E-state index >= 15 is 0 Å². The fourth-order valence-corrected chi connectivity index (χ4v) is 3.07. The molecule has 1 aliphatic carbocycles. The Labute approximate surface area is 101 Å². The molecule has 2 heterocycles. The average Bonchev–Trinajstić information content (AvgIpc) is 3.15. The molecular weight excluding hydrogens is 220 g/mol. The largest absolute Gasteiger partial charge is 0.371 e. The number of nitrogens with zero attached hydrogens (tertiary/aromatic N) is 2. The highest BCUT2D eigenvalue weighted by Gasteiger charge is 2.56. The second-order valence-corrected chi connectivity index (χ2v) is 5.30. The molecule has 3 rings (SSSR count). The lowest BCUT2D eigenvalue weighted by Gasteiger charge is -2.35. The molecule has 2 aliphatic heterocycles. The van der Waals surface area contributed by atoms with Gasteiger partial charge in [0, 0.05) is 7.05 Å². The minimum Gasteiger partial charge on any atom is -0.371 e. The molecule has 0 aromatic rings. The summed E-state index contributed by atoms with van der Waals surface area (Å²) in [5.41, 5.74) is -0.537. The molecule has 0 aromatic carbocycles. The molecular formula is C12H18N2O3. The number of rotatable bonds is 2. The summed E-state index contributed by atoms with van der Waals surface area (Å²) in [5, 5.41) is 0. The average molecular weight is 238 g/mol. The predicted octanol–water partition coefficient (Wildman–Crippen LogP) is 0.982. The Morgan fingerprint density at radius 3 is 2.53 bits per heavy atom. The number of carbonyl (C=O) groups excluding carboxylic acids is 2. The van der Waals surface area contributed by atoms with Crippen molar-refractivity contribution >= 4 is 11.9 Å². The lowest BCUT2D eigenvalue weighted by Crippen LogP contribution is -2.49. The zero-order valence-electron chi connectivity index (χ0n) is 10.1. The SMILES string of the molecule is CN1C(=O)N(CC2CO2)C(=O)C12CCCCC2. The Morgan fingerprint density at radius 1 is 1.29 bits per heavy atom. The molecule has 5 heteroatoms. The van der Waals surface area contributed by atoms with E-state index in [1.165, 1.54) is 11.3 Å². The molecule has 3 fully saturated rings. The summed E-state index contributed by atoms with van der Waals surface area (Å²) in [7, 11) is 1.76. The zero-order valence-corrected chi connectivity index (χ0v) is 10.1. The third-order valence-corrected chi connectivity index (χ3v) is 4.27. The molecule has 5 nitrogen and oxygen atoms in total. The van der Waals surface area contributed by atoms with Crippen LogP contribution in [-0.4, -0.2) is 53.6 Å². The van der Waals surface area contributed by atoms with Crippen LogP contribution in [0.2, 0.25) is 0 Å². The normalized spacial score (nSPS) is 31.5. The first-order chi connectivity index (χ1) is 8.15. The molecule has 1 spiro atoms. The molecule has 3 aliphatic rings.